The molecule has 1 fully saturated rings. The third kappa shape index (κ3) is 4.39. The van der Waals surface area contributed by atoms with E-state index in [2.05, 4.69) is 20.9 Å². The Labute approximate surface area is 192 Å². The van der Waals surface area contributed by atoms with Crippen LogP contribution < -0.4 is 4.90 Å². The first-order valence-corrected chi connectivity index (χ1v) is 11.9. The SMILES string of the molecule is O=C(c1ccc2ccccc2n1)N(C[C@H]1CCCO1)c1nc(-c2ccc(Br)cc2)cs1. The van der Waals surface area contributed by atoms with E-state index >= 15 is 0 Å². The van der Waals surface area contributed by atoms with E-state index in [4.69, 9.17) is 9.72 Å². The van der Waals surface area contributed by atoms with Crippen molar-refractivity contribution in [1.29, 1.82) is 0 Å². The van der Waals surface area contributed by atoms with Crippen LogP contribution in [0.5, 0.6) is 0 Å². The fourth-order valence-corrected chi connectivity index (χ4v) is 4.81. The molecule has 0 aliphatic carbocycles. The van der Waals surface area contributed by atoms with Gasteiger partial charge in [0.15, 0.2) is 5.13 Å². The summed E-state index contributed by atoms with van der Waals surface area (Å²) in [5.41, 5.74) is 3.08. The standard InChI is InChI=1S/C24H20BrN3O2S/c25-18-10-7-17(8-11-18)22-15-31-24(27-22)28(14-19-5-3-13-30-19)23(29)21-12-9-16-4-1-2-6-20(16)26-21/h1-2,4,6-12,15,19H,3,5,13-14H2/t19-/m1/s1. The van der Waals surface area contributed by atoms with Crippen LogP contribution in [0.3, 0.4) is 0 Å². The summed E-state index contributed by atoms with van der Waals surface area (Å²) in [6.07, 6.45) is 1.98. The fraction of sp³-hybridized carbons (Fsp3) is 0.208. The summed E-state index contributed by atoms with van der Waals surface area (Å²) in [5, 5.41) is 3.66. The van der Waals surface area contributed by atoms with Crippen LogP contribution in [-0.2, 0) is 4.74 Å². The zero-order chi connectivity index (χ0) is 21.2. The topological polar surface area (TPSA) is 55.3 Å². The molecule has 2 aromatic carbocycles. The average molecular weight is 494 g/mol. The summed E-state index contributed by atoms with van der Waals surface area (Å²) in [7, 11) is 0. The molecular weight excluding hydrogens is 474 g/mol. The lowest BCUT2D eigenvalue weighted by molar-refractivity contribution is 0.0913. The number of fused-ring (bicyclic) bond motifs is 1. The van der Waals surface area contributed by atoms with E-state index in [0.717, 1.165) is 46.1 Å². The van der Waals surface area contributed by atoms with Gasteiger partial charge < -0.3 is 4.74 Å². The molecule has 0 N–H and O–H groups in total. The maximum atomic E-state index is 13.5. The quantitative estimate of drug-likeness (QED) is 0.344. The van der Waals surface area contributed by atoms with Gasteiger partial charge in [0.05, 0.1) is 23.9 Å². The zero-order valence-corrected chi connectivity index (χ0v) is 19.1. The van der Waals surface area contributed by atoms with Gasteiger partial charge in [0.1, 0.15) is 5.69 Å². The van der Waals surface area contributed by atoms with E-state index in [1.807, 2.05) is 60.0 Å². The fourth-order valence-electron chi connectivity index (χ4n) is 3.70. The van der Waals surface area contributed by atoms with Crippen molar-refractivity contribution in [3.8, 4) is 11.3 Å². The van der Waals surface area contributed by atoms with Gasteiger partial charge in [-0.2, -0.15) is 0 Å². The number of nitrogens with zero attached hydrogens (tertiary/aromatic N) is 3. The number of rotatable bonds is 5. The van der Waals surface area contributed by atoms with Gasteiger partial charge in [-0.05, 0) is 37.1 Å². The summed E-state index contributed by atoms with van der Waals surface area (Å²) in [5.74, 6) is -0.155. The largest absolute Gasteiger partial charge is 0.376 e. The Hall–Kier alpha value is -2.61. The Balaban J connectivity index is 1.48. The van der Waals surface area contributed by atoms with E-state index < -0.39 is 0 Å². The van der Waals surface area contributed by atoms with Crippen LogP contribution in [0.4, 0.5) is 5.13 Å². The lowest BCUT2D eigenvalue weighted by atomic mass is 10.2. The first kappa shape index (κ1) is 20.3. The normalized spacial score (nSPS) is 16.0. The number of aromatic nitrogens is 2. The lowest BCUT2D eigenvalue weighted by Gasteiger charge is -2.23. The van der Waals surface area contributed by atoms with Crippen molar-refractivity contribution in [2.45, 2.75) is 18.9 Å². The summed E-state index contributed by atoms with van der Waals surface area (Å²) >= 11 is 4.93. The number of thiazole rings is 1. The van der Waals surface area contributed by atoms with E-state index in [0.29, 0.717) is 17.4 Å². The molecule has 0 saturated carbocycles. The van der Waals surface area contributed by atoms with Gasteiger partial charge in [-0.15, -0.1) is 11.3 Å². The first-order valence-electron chi connectivity index (χ1n) is 10.2. The third-order valence-corrected chi connectivity index (χ3v) is 6.73. The van der Waals surface area contributed by atoms with Crippen molar-refractivity contribution < 1.29 is 9.53 Å². The number of hydrogen-bond acceptors (Lipinski definition) is 5. The van der Waals surface area contributed by atoms with Crippen LogP contribution in [0.2, 0.25) is 0 Å². The van der Waals surface area contributed by atoms with Crippen molar-refractivity contribution >= 4 is 49.2 Å². The Morgan fingerprint density at radius 2 is 1.94 bits per heavy atom. The van der Waals surface area contributed by atoms with Crippen LogP contribution in [0, 0.1) is 0 Å². The number of anilines is 1. The highest BCUT2D eigenvalue weighted by Gasteiger charge is 2.27. The second-order valence-electron chi connectivity index (χ2n) is 7.46. The van der Waals surface area contributed by atoms with Gasteiger partial charge in [-0.25, -0.2) is 9.97 Å². The van der Waals surface area contributed by atoms with Crippen molar-refractivity contribution in [2.75, 3.05) is 18.1 Å². The van der Waals surface area contributed by atoms with Gasteiger partial charge in [-0.1, -0.05) is 52.3 Å². The summed E-state index contributed by atoms with van der Waals surface area (Å²) in [4.78, 5) is 24.7. The van der Waals surface area contributed by atoms with E-state index in [9.17, 15) is 4.79 Å². The molecule has 7 heteroatoms. The number of amides is 1. The summed E-state index contributed by atoms with van der Waals surface area (Å²) in [6.45, 7) is 1.21. The number of benzene rings is 2. The predicted octanol–water partition coefficient (Wildman–Crippen LogP) is 5.95. The number of carbonyl (C=O) groups excluding carboxylic acids is 1. The Kier molecular flexibility index (Phi) is 5.80. The number of halogens is 1. The van der Waals surface area contributed by atoms with E-state index in [1.54, 1.807) is 11.0 Å². The van der Waals surface area contributed by atoms with Crippen molar-refractivity contribution in [1.82, 2.24) is 9.97 Å². The van der Waals surface area contributed by atoms with Crippen molar-refractivity contribution in [2.24, 2.45) is 0 Å². The minimum absolute atomic E-state index is 0.0180. The van der Waals surface area contributed by atoms with Gasteiger partial charge in [-0.3, -0.25) is 9.69 Å². The Bertz CT molecular complexity index is 1220. The van der Waals surface area contributed by atoms with Crippen LogP contribution in [0.15, 0.2) is 70.5 Å². The first-order chi connectivity index (χ1) is 15.2. The van der Waals surface area contributed by atoms with Gasteiger partial charge in [0, 0.05) is 27.4 Å². The second-order valence-corrected chi connectivity index (χ2v) is 9.21. The zero-order valence-electron chi connectivity index (χ0n) is 16.7. The molecule has 0 radical (unpaired) electrons. The van der Waals surface area contributed by atoms with E-state index in [-0.39, 0.29) is 12.0 Å². The van der Waals surface area contributed by atoms with Crippen molar-refractivity contribution in [3.05, 3.63) is 76.2 Å². The number of hydrogen-bond donors (Lipinski definition) is 0. The molecule has 0 unspecified atom stereocenters. The highest BCUT2D eigenvalue weighted by atomic mass is 79.9. The highest BCUT2D eigenvalue weighted by Crippen LogP contribution is 2.30. The molecular formula is C24H20BrN3O2S. The molecule has 2 aromatic heterocycles. The molecule has 4 aromatic rings. The molecule has 1 aliphatic rings. The smallest absolute Gasteiger partial charge is 0.278 e. The predicted molar refractivity (Wildman–Crippen MR) is 128 cm³/mol. The van der Waals surface area contributed by atoms with E-state index in [1.165, 1.54) is 11.3 Å². The molecule has 3 heterocycles. The average Bonchev–Trinajstić information content (AvgIpc) is 3.49. The maximum Gasteiger partial charge on any atom is 0.278 e. The number of carbonyl (C=O) groups is 1. The monoisotopic (exact) mass is 493 g/mol. The summed E-state index contributed by atoms with van der Waals surface area (Å²) < 4.78 is 6.84. The Morgan fingerprint density at radius 3 is 2.74 bits per heavy atom. The van der Waals surface area contributed by atoms with Gasteiger partial charge in [0.2, 0.25) is 0 Å². The third-order valence-electron chi connectivity index (χ3n) is 5.34. The summed E-state index contributed by atoms with van der Waals surface area (Å²) in [6, 6.07) is 19.5. The minimum atomic E-state index is -0.155. The molecule has 0 bridgehead atoms. The molecule has 5 nitrogen and oxygen atoms in total. The molecule has 31 heavy (non-hydrogen) atoms. The number of para-hydroxylation sites is 1. The molecule has 1 amide bonds. The Morgan fingerprint density at radius 1 is 1.10 bits per heavy atom. The molecule has 156 valence electrons. The minimum Gasteiger partial charge on any atom is -0.376 e. The lowest BCUT2D eigenvalue weighted by Crippen LogP contribution is -2.38. The van der Waals surface area contributed by atoms with Crippen LogP contribution in [0.25, 0.3) is 22.2 Å². The van der Waals surface area contributed by atoms with Crippen molar-refractivity contribution in [3.63, 3.8) is 0 Å². The molecule has 5 rings (SSSR count). The second kappa shape index (κ2) is 8.86. The molecule has 1 aliphatic heterocycles. The van der Waals surface area contributed by atoms with Gasteiger partial charge in [0.25, 0.3) is 5.91 Å². The van der Waals surface area contributed by atoms with Gasteiger partial charge >= 0.3 is 0 Å². The molecule has 1 atom stereocenters. The number of ether oxygens (including phenoxy) is 1. The molecule has 0 spiro atoms. The van der Waals surface area contributed by atoms with Crippen LogP contribution in [0.1, 0.15) is 23.3 Å². The highest BCUT2D eigenvalue weighted by molar-refractivity contribution is 9.10. The van der Waals surface area contributed by atoms with Crippen LogP contribution >= 0.6 is 27.3 Å². The number of pyridine rings is 1. The maximum absolute atomic E-state index is 13.5. The molecule has 1 saturated heterocycles. The van der Waals surface area contributed by atoms with Crippen LogP contribution in [-0.4, -0.2) is 35.1 Å².